The Hall–Kier alpha value is -2.21. The van der Waals surface area contributed by atoms with E-state index < -0.39 is 20.0 Å². The predicted octanol–water partition coefficient (Wildman–Crippen LogP) is 0.938. The first kappa shape index (κ1) is 20.1. The van der Waals surface area contributed by atoms with E-state index in [4.69, 9.17) is 9.47 Å². The van der Waals surface area contributed by atoms with Crippen LogP contribution in [0.1, 0.15) is 6.42 Å². The summed E-state index contributed by atoms with van der Waals surface area (Å²) in [6, 6.07) is 7.58. The van der Waals surface area contributed by atoms with Crippen LogP contribution in [0.5, 0.6) is 11.5 Å². The highest BCUT2D eigenvalue weighted by Crippen LogP contribution is 2.33. The van der Waals surface area contributed by atoms with Crippen LogP contribution in [-0.2, 0) is 20.0 Å². The average molecular weight is 440 g/mol. The number of piperazine rings is 1. The Bertz CT molecular complexity index is 1080. The van der Waals surface area contributed by atoms with E-state index in [0.29, 0.717) is 24.7 Å². The highest BCUT2D eigenvalue weighted by atomic mass is 32.2. The summed E-state index contributed by atoms with van der Waals surface area (Å²) in [4.78, 5) is 4.05. The van der Waals surface area contributed by atoms with Crippen molar-refractivity contribution >= 4 is 20.0 Å². The van der Waals surface area contributed by atoms with Crippen LogP contribution in [0.15, 0.2) is 52.5 Å². The number of ether oxygens (including phenoxy) is 2. The van der Waals surface area contributed by atoms with Crippen LogP contribution in [0.2, 0.25) is 0 Å². The van der Waals surface area contributed by atoms with Gasteiger partial charge in [-0.1, -0.05) is 0 Å². The second-order valence-corrected chi connectivity index (χ2v) is 10.5. The number of benzene rings is 1. The lowest BCUT2D eigenvalue weighted by Gasteiger charge is -2.33. The van der Waals surface area contributed by atoms with Crippen molar-refractivity contribution in [3.63, 3.8) is 0 Å². The van der Waals surface area contributed by atoms with Gasteiger partial charge in [0, 0.05) is 51.1 Å². The van der Waals surface area contributed by atoms with Crippen molar-refractivity contribution in [1.29, 1.82) is 0 Å². The van der Waals surface area contributed by atoms with E-state index in [1.54, 1.807) is 12.1 Å². The van der Waals surface area contributed by atoms with E-state index in [9.17, 15) is 16.8 Å². The molecule has 0 radical (unpaired) electrons. The summed E-state index contributed by atoms with van der Waals surface area (Å²) < 4.78 is 65.2. The normalized spacial score (nSPS) is 18.9. The number of sulfonamides is 2. The fourth-order valence-electron chi connectivity index (χ4n) is 3.25. The Balaban J connectivity index is 1.50. The molecule has 1 aromatic heterocycles. The summed E-state index contributed by atoms with van der Waals surface area (Å²) in [5.74, 6) is 0.926. The zero-order valence-electron chi connectivity index (χ0n) is 15.6. The summed E-state index contributed by atoms with van der Waals surface area (Å²) in [6.45, 7) is 1.25. The van der Waals surface area contributed by atoms with Crippen LogP contribution < -0.4 is 9.47 Å². The number of fused-ring (bicyclic) bond motifs is 1. The Morgan fingerprint density at radius 2 is 1.41 bits per heavy atom. The van der Waals surface area contributed by atoms with Gasteiger partial charge in [0.25, 0.3) is 0 Å². The summed E-state index contributed by atoms with van der Waals surface area (Å²) in [7, 11) is -7.48. The van der Waals surface area contributed by atoms with Gasteiger partial charge < -0.3 is 9.47 Å². The molecule has 0 aliphatic carbocycles. The molecule has 1 aromatic carbocycles. The molecule has 0 atom stereocenters. The lowest BCUT2D eigenvalue weighted by Crippen LogP contribution is -2.50. The third-order valence-electron chi connectivity index (χ3n) is 4.83. The maximum absolute atomic E-state index is 13.0. The van der Waals surface area contributed by atoms with Crippen LogP contribution in [0, 0.1) is 0 Å². The summed E-state index contributed by atoms with van der Waals surface area (Å²) in [5.41, 5.74) is 0. The van der Waals surface area contributed by atoms with Gasteiger partial charge in [-0.3, -0.25) is 4.98 Å². The van der Waals surface area contributed by atoms with Gasteiger partial charge in [-0.25, -0.2) is 16.8 Å². The molecule has 11 heteroatoms. The summed E-state index contributed by atoms with van der Waals surface area (Å²) in [6.07, 6.45) is 3.51. The highest BCUT2D eigenvalue weighted by Gasteiger charge is 2.34. The molecule has 9 nitrogen and oxygen atoms in total. The van der Waals surface area contributed by atoms with E-state index in [-0.39, 0.29) is 36.0 Å². The molecule has 0 saturated carbocycles. The van der Waals surface area contributed by atoms with E-state index in [1.807, 2.05) is 0 Å². The van der Waals surface area contributed by atoms with Gasteiger partial charge in [0.1, 0.15) is 4.90 Å². The number of nitrogens with zero attached hydrogens (tertiary/aromatic N) is 3. The minimum absolute atomic E-state index is 0.0657. The lowest BCUT2D eigenvalue weighted by molar-refractivity contribution is 0.272. The SMILES string of the molecule is O=S(=O)(c1cccnc1)N1CCN(S(=O)(=O)c2ccc3c(c2)OCCCO3)CC1. The quantitative estimate of drug-likeness (QED) is 0.698. The Kier molecular flexibility index (Phi) is 5.47. The lowest BCUT2D eigenvalue weighted by atomic mass is 10.3. The first-order chi connectivity index (χ1) is 13.9. The van der Waals surface area contributed by atoms with E-state index >= 15 is 0 Å². The van der Waals surface area contributed by atoms with Crippen LogP contribution >= 0.6 is 0 Å². The second kappa shape index (κ2) is 7.90. The van der Waals surface area contributed by atoms with Crippen molar-refractivity contribution < 1.29 is 26.3 Å². The molecule has 4 rings (SSSR count). The van der Waals surface area contributed by atoms with Crippen molar-refractivity contribution in [2.45, 2.75) is 16.2 Å². The zero-order chi connectivity index (χ0) is 20.5. The minimum atomic E-state index is -3.78. The van der Waals surface area contributed by atoms with Crippen LogP contribution in [-0.4, -0.2) is 69.8 Å². The average Bonchev–Trinajstić information content (AvgIpc) is 2.99. The van der Waals surface area contributed by atoms with Crippen molar-refractivity contribution in [3.05, 3.63) is 42.7 Å². The molecule has 0 unspecified atom stereocenters. The molecule has 29 heavy (non-hydrogen) atoms. The van der Waals surface area contributed by atoms with Gasteiger partial charge >= 0.3 is 0 Å². The predicted molar refractivity (Wildman–Crippen MR) is 104 cm³/mol. The number of rotatable bonds is 4. The number of hydrogen-bond acceptors (Lipinski definition) is 7. The van der Waals surface area contributed by atoms with Crippen LogP contribution in [0.3, 0.4) is 0 Å². The first-order valence-electron chi connectivity index (χ1n) is 9.19. The van der Waals surface area contributed by atoms with E-state index in [0.717, 1.165) is 6.42 Å². The molecule has 0 bridgehead atoms. The molecule has 0 spiro atoms. The van der Waals surface area contributed by atoms with Gasteiger partial charge in [-0.2, -0.15) is 8.61 Å². The van der Waals surface area contributed by atoms with E-state index in [2.05, 4.69) is 4.98 Å². The Labute approximate surface area is 170 Å². The molecule has 0 amide bonds. The largest absolute Gasteiger partial charge is 0.490 e. The zero-order valence-corrected chi connectivity index (χ0v) is 17.2. The summed E-state index contributed by atoms with van der Waals surface area (Å²) in [5, 5.41) is 0. The molecule has 2 aliphatic rings. The molecule has 156 valence electrons. The molecular weight excluding hydrogens is 418 g/mol. The Morgan fingerprint density at radius 1 is 0.793 bits per heavy atom. The van der Waals surface area contributed by atoms with Crippen molar-refractivity contribution in [2.75, 3.05) is 39.4 Å². The molecule has 2 aliphatic heterocycles. The Morgan fingerprint density at radius 3 is 2.03 bits per heavy atom. The topological polar surface area (TPSA) is 106 Å². The minimum Gasteiger partial charge on any atom is -0.490 e. The van der Waals surface area contributed by atoms with Gasteiger partial charge in [0.05, 0.1) is 18.1 Å². The van der Waals surface area contributed by atoms with Crippen molar-refractivity contribution in [3.8, 4) is 11.5 Å². The number of aromatic nitrogens is 1. The molecule has 1 saturated heterocycles. The van der Waals surface area contributed by atoms with Crippen molar-refractivity contribution in [2.24, 2.45) is 0 Å². The smallest absolute Gasteiger partial charge is 0.244 e. The van der Waals surface area contributed by atoms with Gasteiger partial charge in [0.15, 0.2) is 11.5 Å². The van der Waals surface area contributed by atoms with Gasteiger partial charge in [-0.05, 0) is 24.3 Å². The standard InChI is InChI=1S/C18H21N3O6S2/c22-28(23,15-4-5-17-18(13-15)27-12-2-11-26-17)20-7-9-21(10-8-20)29(24,25)16-3-1-6-19-14-16/h1,3-6,13-14H,2,7-12H2. The van der Waals surface area contributed by atoms with E-state index in [1.165, 1.54) is 39.2 Å². The highest BCUT2D eigenvalue weighted by molar-refractivity contribution is 7.89. The second-order valence-electron chi connectivity index (χ2n) is 6.66. The molecular formula is C18H21N3O6S2. The third kappa shape index (κ3) is 3.95. The number of pyridine rings is 1. The molecule has 1 fully saturated rings. The molecule has 0 N–H and O–H groups in total. The maximum atomic E-state index is 13.0. The summed E-state index contributed by atoms with van der Waals surface area (Å²) >= 11 is 0. The maximum Gasteiger partial charge on any atom is 0.244 e. The molecule has 2 aromatic rings. The monoisotopic (exact) mass is 439 g/mol. The number of hydrogen-bond donors (Lipinski definition) is 0. The molecule has 3 heterocycles. The van der Waals surface area contributed by atoms with Gasteiger partial charge in [0.2, 0.25) is 20.0 Å². The van der Waals surface area contributed by atoms with Crippen LogP contribution in [0.25, 0.3) is 0 Å². The van der Waals surface area contributed by atoms with Crippen LogP contribution in [0.4, 0.5) is 0 Å². The first-order valence-corrected chi connectivity index (χ1v) is 12.1. The fraction of sp³-hybridized carbons (Fsp3) is 0.389. The van der Waals surface area contributed by atoms with Gasteiger partial charge in [-0.15, -0.1) is 0 Å². The third-order valence-corrected chi connectivity index (χ3v) is 8.60. The van der Waals surface area contributed by atoms with Crippen molar-refractivity contribution in [1.82, 2.24) is 13.6 Å². The fourth-order valence-corrected chi connectivity index (χ4v) is 6.08.